The Bertz CT molecular complexity index is 406. The van der Waals surface area contributed by atoms with Crippen molar-refractivity contribution in [2.24, 2.45) is 11.7 Å². The van der Waals surface area contributed by atoms with E-state index >= 15 is 0 Å². The van der Waals surface area contributed by atoms with Crippen LogP contribution in [0, 0.1) is 5.92 Å². The Morgan fingerprint density at radius 1 is 1.45 bits per heavy atom. The SMILES string of the molecule is CCN(C(=O)CCn1ccnn1)C1CCCCC1CN. The molecule has 1 aromatic heterocycles. The maximum Gasteiger partial charge on any atom is 0.224 e. The number of hydrogen-bond acceptors (Lipinski definition) is 4. The highest BCUT2D eigenvalue weighted by Gasteiger charge is 2.30. The van der Waals surface area contributed by atoms with Crippen LogP contribution in [0.2, 0.25) is 0 Å². The topological polar surface area (TPSA) is 77.0 Å². The van der Waals surface area contributed by atoms with E-state index in [1.54, 1.807) is 17.1 Å². The summed E-state index contributed by atoms with van der Waals surface area (Å²) in [5.74, 6) is 0.660. The van der Waals surface area contributed by atoms with Crippen LogP contribution >= 0.6 is 0 Å². The van der Waals surface area contributed by atoms with Gasteiger partial charge in [-0.25, -0.2) is 0 Å². The van der Waals surface area contributed by atoms with Crippen molar-refractivity contribution < 1.29 is 4.79 Å². The molecule has 1 heterocycles. The quantitative estimate of drug-likeness (QED) is 0.844. The maximum absolute atomic E-state index is 12.5. The van der Waals surface area contributed by atoms with Gasteiger partial charge in [-0.2, -0.15) is 0 Å². The van der Waals surface area contributed by atoms with Crippen LogP contribution in [-0.4, -0.2) is 44.9 Å². The minimum atomic E-state index is 0.202. The van der Waals surface area contributed by atoms with Gasteiger partial charge in [-0.05, 0) is 32.2 Å². The van der Waals surface area contributed by atoms with Crippen LogP contribution in [0.4, 0.5) is 0 Å². The van der Waals surface area contributed by atoms with Gasteiger partial charge in [0.25, 0.3) is 0 Å². The van der Waals surface area contributed by atoms with Gasteiger partial charge in [0, 0.05) is 25.2 Å². The summed E-state index contributed by atoms with van der Waals surface area (Å²) in [5, 5.41) is 7.64. The molecule has 1 saturated carbocycles. The fraction of sp³-hybridized carbons (Fsp3) is 0.786. The molecular formula is C14H25N5O. The predicted molar refractivity (Wildman–Crippen MR) is 76.8 cm³/mol. The summed E-state index contributed by atoms with van der Waals surface area (Å²) in [6.45, 7) is 4.08. The second kappa shape index (κ2) is 7.38. The van der Waals surface area contributed by atoms with Crippen LogP contribution in [0.3, 0.4) is 0 Å². The van der Waals surface area contributed by atoms with E-state index in [0.29, 0.717) is 31.5 Å². The van der Waals surface area contributed by atoms with Crippen molar-refractivity contribution in [2.45, 2.75) is 51.6 Å². The lowest BCUT2D eigenvalue weighted by Crippen LogP contribution is -2.48. The second-order valence-electron chi connectivity index (χ2n) is 5.44. The Morgan fingerprint density at radius 3 is 2.90 bits per heavy atom. The molecule has 6 nitrogen and oxygen atoms in total. The van der Waals surface area contributed by atoms with E-state index in [4.69, 9.17) is 5.73 Å². The molecule has 2 N–H and O–H groups in total. The standard InChI is InChI=1S/C14H25N5O/c1-2-19(13-6-4-3-5-12(13)11-15)14(20)7-9-18-10-8-16-17-18/h8,10,12-13H,2-7,9,11,15H2,1H3. The number of amides is 1. The number of nitrogens with two attached hydrogens (primary N) is 1. The smallest absolute Gasteiger partial charge is 0.224 e. The molecule has 1 aliphatic carbocycles. The molecule has 0 aliphatic heterocycles. The van der Waals surface area contributed by atoms with Crippen molar-refractivity contribution >= 4 is 5.91 Å². The van der Waals surface area contributed by atoms with E-state index < -0.39 is 0 Å². The molecule has 2 unspecified atom stereocenters. The lowest BCUT2D eigenvalue weighted by molar-refractivity contribution is -0.135. The second-order valence-corrected chi connectivity index (χ2v) is 5.44. The van der Waals surface area contributed by atoms with Crippen LogP contribution in [0.25, 0.3) is 0 Å². The van der Waals surface area contributed by atoms with E-state index in [-0.39, 0.29) is 5.91 Å². The van der Waals surface area contributed by atoms with Gasteiger partial charge in [0.1, 0.15) is 0 Å². The number of nitrogens with zero attached hydrogens (tertiary/aromatic N) is 4. The number of aryl methyl sites for hydroxylation is 1. The van der Waals surface area contributed by atoms with Crippen molar-refractivity contribution in [1.82, 2.24) is 19.9 Å². The number of aromatic nitrogens is 3. The molecule has 0 bridgehead atoms. The number of carbonyl (C=O) groups is 1. The number of hydrogen-bond donors (Lipinski definition) is 1. The molecule has 0 saturated heterocycles. The zero-order valence-electron chi connectivity index (χ0n) is 12.2. The summed E-state index contributed by atoms with van der Waals surface area (Å²) in [4.78, 5) is 14.5. The van der Waals surface area contributed by atoms with E-state index in [0.717, 1.165) is 19.4 Å². The van der Waals surface area contributed by atoms with Crippen LogP contribution in [0.5, 0.6) is 0 Å². The Kier molecular flexibility index (Phi) is 5.52. The third-order valence-corrected chi connectivity index (χ3v) is 4.26. The summed E-state index contributed by atoms with van der Waals surface area (Å²) in [6, 6.07) is 0.321. The summed E-state index contributed by atoms with van der Waals surface area (Å²) in [7, 11) is 0. The first-order valence-electron chi connectivity index (χ1n) is 7.60. The molecule has 1 aromatic rings. The molecule has 2 atom stereocenters. The molecule has 1 fully saturated rings. The molecule has 0 spiro atoms. The Hall–Kier alpha value is -1.43. The Morgan fingerprint density at radius 2 is 2.25 bits per heavy atom. The van der Waals surface area contributed by atoms with E-state index in [1.807, 2.05) is 4.90 Å². The molecule has 20 heavy (non-hydrogen) atoms. The fourth-order valence-corrected chi connectivity index (χ4v) is 3.17. The van der Waals surface area contributed by atoms with Crippen LogP contribution in [0.1, 0.15) is 39.0 Å². The van der Waals surface area contributed by atoms with Crippen molar-refractivity contribution in [2.75, 3.05) is 13.1 Å². The minimum absolute atomic E-state index is 0.202. The lowest BCUT2D eigenvalue weighted by atomic mass is 9.83. The number of carbonyl (C=O) groups excluding carboxylic acids is 1. The van der Waals surface area contributed by atoms with Gasteiger partial charge in [0.05, 0.1) is 12.7 Å². The summed E-state index contributed by atoms with van der Waals surface area (Å²) >= 11 is 0. The average Bonchev–Trinajstić information content (AvgIpc) is 3.00. The lowest BCUT2D eigenvalue weighted by Gasteiger charge is -2.39. The van der Waals surface area contributed by atoms with Crippen LogP contribution in [0.15, 0.2) is 12.4 Å². The summed E-state index contributed by atoms with van der Waals surface area (Å²) < 4.78 is 1.70. The molecule has 0 aromatic carbocycles. The summed E-state index contributed by atoms with van der Waals surface area (Å²) in [5.41, 5.74) is 5.88. The molecule has 1 aliphatic rings. The van der Waals surface area contributed by atoms with Crippen molar-refractivity contribution in [1.29, 1.82) is 0 Å². The van der Waals surface area contributed by atoms with Crippen molar-refractivity contribution in [3.63, 3.8) is 0 Å². The van der Waals surface area contributed by atoms with E-state index in [2.05, 4.69) is 17.2 Å². The molecule has 112 valence electrons. The molecule has 0 radical (unpaired) electrons. The predicted octanol–water partition coefficient (Wildman–Crippen LogP) is 1.03. The van der Waals surface area contributed by atoms with Crippen molar-refractivity contribution in [3.8, 4) is 0 Å². The van der Waals surface area contributed by atoms with Gasteiger partial charge in [0.15, 0.2) is 0 Å². The monoisotopic (exact) mass is 279 g/mol. The van der Waals surface area contributed by atoms with Gasteiger partial charge in [-0.15, -0.1) is 5.10 Å². The highest BCUT2D eigenvalue weighted by atomic mass is 16.2. The zero-order valence-corrected chi connectivity index (χ0v) is 12.2. The third kappa shape index (κ3) is 3.56. The van der Waals surface area contributed by atoms with Gasteiger partial charge in [-0.3, -0.25) is 9.48 Å². The van der Waals surface area contributed by atoms with Gasteiger partial charge < -0.3 is 10.6 Å². The molecular weight excluding hydrogens is 254 g/mol. The van der Waals surface area contributed by atoms with Crippen LogP contribution < -0.4 is 5.73 Å². The average molecular weight is 279 g/mol. The maximum atomic E-state index is 12.5. The van der Waals surface area contributed by atoms with E-state index in [1.165, 1.54) is 12.8 Å². The normalized spacial score (nSPS) is 22.7. The number of rotatable bonds is 6. The molecule has 6 heteroatoms. The van der Waals surface area contributed by atoms with Crippen LogP contribution in [-0.2, 0) is 11.3 Å². The van der Waals surface area contributed by atoms with Gasteiger partial charge in [0.2, 0.25) is 5.91 Å². The van der Waals surface area contributed by atoms with Crippen molar-refractivity contribution in [3.05, 3.63) is 12.4 Å². The summed E-state index contributed by atoms with van der Waals surface area (Å²) in [6.07, 6.45) is 8.57. The highest BCUT2D eigenvalue weighted by molar-refractivity contribution is 5.76. The third-order valence-electron chi connectivity index (χ3n) is 4.26. The minimum Gasteiger partial charge on any atom is -0.340 e. The first-order chi connectivity index (χ1) is 9.76. The molecule has 2 rings (SSSR count). The Labute approximate surface area is 120 Å². The first-order valence-corrected chi connectivity index (χ1v) is 7.60. The first kappa shape index (κ1) is 15.0. The zero-order chi connectivity index (χ0) is 14.4. The van der Waals surface area contributed by atoms with E-state index in [9.17, 15) is 4.79 Å². The molecule has 1 amide bonds. The van der Waals surface area contributed by atoms with Gasteiger partial charge in [-0.1, -0.05) is 18.1 Å². The highest BCUT2D eigenvalue weighted by Crippen LogP contribution is 2.28. The largest absolute Gasteiger partial charge is 0.340 e. The fourth-order valence-electron chi connectivity index (χ4n) is 3.17. The van der Waals surface area contributed by atoms with Gasteiger partial charge >= 0.3 is 0 Å². The Balaban J connectivity index is 1.93.